The van der Waals surface area contributed by atoms with E-state index in [1.807, 2.05) is 85.2 Å². The molecule has 10 aromatic heterocycles. The average molecular weight is 2230 g/mol. The summed E-state index contributed by atoms with van der Waals surface area (Å²) in [4.78, 5) is 52.4. The van der Waals surface area contributed by atoms with Crippen LogP contribution in [0.3, 0.4) is 0 Å². The van der Waals surface area contributed by atoms with Crippen LogP contribution in [0.25, 0.3) is 122 Å². The molecule has 148 heavy (non-hydrogen) atoms. The van der Waals surface area contributed by atoms with E-state index in [1.165, 1.54) is 110 Å². The molecule has 0 saturated carbocycles. The molecular weight excluding hydrogens is 2150 g/mol. The van der Waals surface area contributed by atoms with Crippen molar-refractivity contribution in [1.29, 1.82) is 5.26 Å². The number of hydrogen-bond donors (Lipinski definition) is 0. The van der Waals surface area contributed by atoms with Gasteiger partial charge in [0.2, 0.25) is 0 Å². The molecule has 0 N–H and O–H groups in total. The van der Waals surface area contributed by atoms with E-state index in [2.05, 4.69) is 67.4 Å². The van der Waals surface area contributed by atoms with Crippen molar-refractivity contribution < 1.29 is 59.7 Å². The van der Waals surface area contributed by atoms with Gasteiger partial charge in [-0.05, 0) is 255 Å². The molecule has 746 valence electrons. The van der Waals surface area contributed by atoms with Crippen LogP contribution in [-0.4, -0.2) is 55.2 Å². The number of nitrogens with zero attached hydrogens (tertiary/aromatic N) is 11. The van der Waals surface area contributed by atoms with E-state index in [0.29, 0.717) is 108 Å². The van der Waals surface area contributed by atoms with Crippen molar-refractivity contribution in [3.05, 3.63) is 445 Å². The lowest BCUT2D eigenvalue weighted by Crippen LogP contribution is -2.16. The third-order valence-electron chi connectivity index (χ3n) is 24.2. The van der Waals surface area contributed by atoms with Crippen LogP contribution in [0.4, 0.5) is 30.7 Å². The Balaban J connectivity index is 0.000000121. The van der Waals surface area contributed by atoms with Crippen LogP contribution >= 0.6 is 139 Å². The maximum absolute atomic E-state index is 13.9. The lowest BCUT2D eigenvalue weighted by atomic mass is 10.0. The van der Waals surface area contributed by atoms with Crippen LogP contribution in [0.2, 0.25) is 60.3 Å². The first-order chi connectivity index (χ1) is 71.2. The van der Waals surface area contributed by atoms with Gasteiger partial charge in [0, 0.05) is 149 Å². The van der Waals surface area contributed by atoms with Gasteiger partial charge in [-0.3, -0.25) is 24.9 Å². The number of nitriles is 1. The molecular formula is C112H74Cl12F7N11O6. The minimum absolute atomic E-state index is 0.0261. The molecule has 0 bridgehead atoms. The second-order valence-corrected chi connectivity index (χ2v) is 38.5. The molecule has 17 nitrogen and oxygen atoms in total. The summed E-state index contributed by atoms with van der Waals surface area (Å²) < 4.78 is 110. The summed E-state index contributed by atoms with van der Waals surface area (Å²) in [5, 5.41) is 13.3. The molecule has 0 saturated heterocycles. The number of rotatable bonds is 20. The Kier molecular flexibility index (Phi) is 31.9. The highest BCUT2D eigenvalue weighted by molar-refractivity contribution is 6.39. The number of hydrogen-bond acceptors (Lipinski definition) is 12. The fourth-order valence-corrected chi connectivity index (χ4v) is 20.5. The van der Waals surface area contributed by atoms with Crippen molar-refractivity contribution in [1.82, 2.24) is 48.6 Å². The van der Waals surface area contributed by atoms with Crippen LogP contribution in [0.15, 0.2) is 305 Å². The monoisotopic (exact) mass is 2220 g/mol. The Morgan fingerprint density at radius 2 is 0.581 bits per heavy atom. The summed E-state index contributed by atoms with van der Waals surface area (Å²) in [5.74, 6) is -2.65. The van der Waals surface area contributed by atoms with Gasteiger partial charge < -0.3 is 28.9 Å². The molecule has 0 fully saturated rings. The molecule has 0 amide bonds. The van der Waals surface area contributed by atoms with Crippen LogP contribution < -0.4 is 28.9 Å². The summed E-state index contributed by atoms with van der Waals surface area (Å²) in [6.07, 6.45) is 15.3. The SMILES string of the molecule is CC(On1ccc2ncc(-c3ccc(Cl)c(C#N)c3)cc21)c1c(Cl)ccc(F)c1Cl.CC(On1ccc2ncc(-c3ccc(F)c(Cl)c3)cc21)c1c(Cl)ccc(F)c1Cl.CC(On1ccc2ncc(-c3ccc4c(c3)CCO4)cc21)c1c(Cl)ccc(F)c1Cl.CC(On1ccc2ncc(-c3ccc4ccccc4c3)cc21)c1c(Cl)ccc(F)c1Cl.CC(On1ccc2ncc(-c3cccc(F)c3)cc21)c1c(Cl)ccc(F)c1Cl. The van der Waals surface area contributed by atoms with E-state index >= 15 is 0 Å². The zero-order valence-electron chi connectivity index (χ0n) is 77.7. The molecule has 0 spiro atoms. The van der Waals surface area contributed by atoms with E-state index in [0.717, 1.165) is 90.7 Å². The minimum Gasteiger partial charge on any atom is -0.493 e. The normalized spacial score (nSPS) is 12.6. The molecule has 11 heterocycles. The zero-order valence-corrected chi connectivity index (χ0v) is 86.8. The fraction of sp³-hybridized carbons (Fsp3) is 0.107. The topological polar surface area (TPSA) is 168 Å². The van der Waals surface area contributed by atoms with Gasteiger partial charge in [-0.15, -0.1) is 0 Å². The van der Waals surface area contributed by atoms with Crippen LogP contribution in [0.1, 0.15) is 104 Å². The van der Waals surface area contributed by atoms with Crippen molar-refractivity contribution in [3.8, 4) is 67.5 Å². The predicted octanol–water partition coefficient (Wildman–Crippen LogP) is 34.2. The van der Waals surface area contributed by atoms with Gasteiger partial charge in [-0.25, -0.2) is 30.7 Å². The maximum Gasteiger partial charge on any atom is 0.150 e. The van der Waals surface area contributed by atoms with Crippen molar-refractivity contribution in [2.45, 2.75) is 71.6 Å². The summed E-state index contributed by atoms with van der Waals surface area (Å²) >= 11 is 73.5. The van der Waals surface area contributed by atoms with Gasteiger partial charge >= 0.3 is 0 Å². The highest BCUT2D eigenvalue weighted by Gasteiger charge is 2.28. The summed E-state index contributed by atoms with van der Waals surface area (Å²) in [6.45, 7) is 9.44. The van der Waals surface area contributed by atoms with E-state index in [9.17, 15) is 36.0 Å². The first kappa shape index (κ1) is 104. The second-order valence-electron chi connectivity index (χ2n) is 33.8. The van der Waals surface area contributed by atoms with Crippen molar-refractivity contribution in [2.75, 3.05) is 6.61 Å². The highest BCUT2D eigenvalue weighted by Crippen LogP contribution is 2.43. The van der Waals surface area contributed by atoms with Gasteiger partial charge in [0.05, 0.1) is 74.9 Å². The third-order valence-corrected chi connectivity index (χ3v) is 28.4. The molecule has 5 atom stereocenters. The van der Waals surface area contributed by atoms with Gasteiger partial charge in [0.15, 0.2) is 30.5 Å². The largest absolute Gasteiger partial charge is 0.493 e. The maximum atomic E-state index is 13.9. The first-order valence-corrected chi connectivity index (χ1v) is 49.8. The molecule has 21 aromatic rings. The summed E-state index contributed by atoms with van der Waals surface area (Å²) in [7, 11) is 0. The highest BCUT2D eigenvalue weighted by atomic mass is 35.5. The third kappa shape index (κ3) is 22.6. The number of ether oxygens (including phenoxy) is 1. The van der Waals surface area contributed by atoms with Crippen LogP contribution in [-0.2, 0) is 6.42 Å². The van der Waals surface area contributed by atoms with Gasteiger partial charge in [-0.1, -0.05) is 206 Å². The molecule has 1 aliphatic heterocycles. The Hall–Kier alpha value is -13.6. The van der Waals surface area contributed by atoms with Crippen LogP contribution in [0.5, 0.6) is 5.75 Å². The molecule has 0 radical (unpaired) electrons. The fourth-order valence-electron chi connectivity index (χ4n) is 16.7. The van der Waals surface area contributed by atoms with E-state index in [-0.39, 0.29) is 36.0 Å². The first-order valence-electron chi connectivity index (χ1n) is 45.2. The quantitative estimate of drug-likeness (QED) is 0.0524. The number of pyridine rings is 5. The molecule has 0 aliphatic carbocycles. The number of aromatic nitrogens is 10. The standard InChI is InChI=1S/C25H17Cl2FN2O.C23H17Cl2FN2O2.C22H13Cl3FN3O.C21H13Cl3F2N2O.C21H14Cl2F2N2O/c1-15(24-20(26)8-9-21(28)25(24)27)31-30-11-10-22-23(30)13-19(14-29-22)18-7-6-16-4-2-3-5-17(16)12-18;1-13(22-17(24)3-4-18(26)23(22)25)30-28-8-6-19-20(28)11-16(12-27-19)14-2-5-21-15(10-14)7-9-29-21;1-12(21-17(24)4-5-18(26)22(21)25)30-29-7-6-19-20(29)9-15(11-28-19)13-2-3-16(23)14(8-13)10-27;1-11(20-14(22)3-5-17(26)21(20)24)29-28-7-6-18-19(28)9-13(10-27-18)12-2-4-16(25)15(23)8-12;1-12(20-16(22)5-6-17(25)21(20)23)28-27-8-7-18-19(27)10-14(11-26-18)13-3-2-4-15(24)9-13/h2-15H,1H3;2-6,8,10-13H,7,9H2,1H3;2-9,11-12H,1H3;2-11H,1H3;2-12H,1H3. The Labute approximate surface area is 901 Å². The number of fused-ring (bicyclic) bond motifs is 7. The zero-order chi connectivity index (χ0) is 104. The Morgan fingerprint density at radius 1 is 0.284 bits per heavy atom. The van der Waals surface area contributed by atoms with Crippen molar-refractivity contribution >= 4 is 205 Å². The lowest BCUT2D eigenvalue weighted by molar-refractivity contribution is 0.0561. The van der Waals surface area contributed by atoms with Gasteiger partial charge in [0.1, 0.15) is 80.1 Å². The Morgan fingerprint density at radius 3 is 0.926 bits per heavy atom. The number of benzene rings is 11. The van der Waals surface area contributed by atoms with E-state index in [1.54, 1.807) is 142 Å². The van der Waals surface area contributed by atoms with E-state index < -0.39 is 65.4 Å². The van der Waals surface area contributed by atoms with E-state index in [4.69, 9.17) is 168 Å². The summed E-state index contributed by atoms with van der Waals surface area (Å²) in [5.41, 5.74) is 19.3. The van der Waals surface area contributed by atoms with Crippen molar-refractivity contribution in [2.24, 2.45) is 0 Å². The average Bonchev–Trinajstić information content (AvgIpc) is 1.63. The molecule has 1 aliphatic rings. The van der Waals surface area contributed by atoms with Crippen molar-refractivity contribution in [3.63, 3.8) is 0 Å². The molecule has 22 rings (SSSR count). The molecule has 5 unspecified atom stereocenters. The van der Waals surface area contributed by atoms with Crippen LogP contribution in [0, 0.1) is 52.1 Å². The van der Waals surface area contributed by atoms with Gasteiger partial charge in [-0.2, -0.15) is 28.9 Å². The Bertz CT molecular complexity index is 8720. The molecule has 11 aromatic carbocycles. The molecule has 36 heteroatoms. The minimum atomic E-state index is -0.634. The number of halogens is 19. The summed E-state index contributed by atoms with van der Waals surface area (Å²) in [6, 6.07) is 70.7. The predicted molar refractivity (Wildman–Crippen MR) is 574 cm³/mol. The lowest BCUT2D eigenvalue weighted by Gasteiger charge is -2.19. The smallest absolute Gasteiger partial charge is 0.150 e. The van der Waals surface area contributed by atoms with Gasteiger partial charge in [0.25, 0.3) is 0 Å². The second kappa shape index (κ2) is 45.2.